The molecule has 4 heterocycles. The van der Waals surface area contributed by atoms with Gasteiger partial charge in [-0.05, 0) is 43.0 Å². The molecule has 2 fully saturated rings. The summed E-state index contributed by atoms with van der Waals surface area (Å²) in [7, 11) is 0. The lowest BCUT2D eigenvalue weighted by Gasteiger charge is -2.35. The lowest BCUT2D eigenvalue weighted by Crippen LogP contribution is -2.51. The van der Waals surface area contributed by atoms with Gasteiger partial charge in [0.15, 0.2) is 11.2 Å². The van der Waals surface area contributed by atoms with Crippen LogP contribution >= 0.6 is 0 Å². The lowest BCUT2D eigenvalue weighted by molar-refractivity contribution is 0.0516. The Labute approximate surface area is 210 Å². The molecule has 0 aromatic carbocycles. The summed E-state index contributed by atoms with van der Waals surface area (Å²) in [6.45, 7) is 4.06. The number of hydrogen-bond acceptors (Lipinski definition) is 5. The van der Waals surface area contributed by atoms with E-state index in [0.29, 0.717) is 44.4 Å². The van der Waals surface area contributed by atoms with Crippen molar-refractivity contribution in [3.8, 4) is 0 Å². The highest BCUT2D eigenvalue weighted by Crippen LogP contribution is 2.29. The molecule has 0 spiro atoms. The van der Waals surface area contributed by atoms with Crippen LogP contribution in [0, 0.1) is 12.8 Å². The summed E-state index contributed by atoms with van der Waals surface area (Å²) in [5.41, 5.74) is 2.77. The summed E-state index contributed by atoms with van der Waals surface area (Å²) >= 11 is 0. The predicted molar refractivity (Wildman–Crippen MR) is 135 cm³/mol. The predicted octanol–water partition coefficient (Wildman–Crippen LogP) is 3.52. The molecule has 8 heteroatoms. The number of aryl methyl sites for hydroxylation is 1. The molecule has 3 aromatic rings. The van der Waals surface area contributed by atoms with Crippen molar-refractivity contribution in [1.29, 1.82) is 0 Å². The minimum Gasteiger partial charge on any atom is -0.459 e. The number of amides is 2. The molecule has 0 unspecified atom stereocenters. The van der Waals surface area contributed by atoms with Gasteiger partial charge in [0.2, 0.25) is 0 Å². The van der Waals surface area contributed by atoms with Crippen molar-refractivity contribution in [3.63, 3.8) is 0 Å². The van der Waals surface area contributed by atoms with Gasteiger partial charge in [0, 0.05) is 62.6 Å². The first-order chi connectivity index (χ1) is 17.5. The first-order valence-electron chi connectivity index (χ1n) is 12.8. The van der Waals surface area contributed by atoms with E-state index in [1.54, 1.807) is 34.2 Å². The highest BCUT2D eigenvalue weighted by Gasteiger charge is 2.31. The van der Waals surface area contributed by atoms with Gasteiger partial charge in [0.25, 0.3) is 11.8 Å². The Balaban J connectivity index is 1.43. The smallest absolute Gasteiger partial charge is 0.289 e. The Morgan fingerprint density at radius 1 is 1.03 bits per heavy atom. The first kappa shape index (κ1) is 24.0. The van der Waals surface area contributed by atoms with Crippen LogP contribution in [0.4, 0.5) is 0 Å². The zero-order chi connectivity index (χ0) is 25.1. The topological polar surface area (TPSA) is 88.7 Å². The van der Waals surface area contributed by atoms with Crippen molar-refractivity contribution in [1.82, 2.24) is 19.4 Å². The van der Waals surface area contributed by atoms with Gasteiger partial charge in [0.05, 0.1) is 6.26 Å². The molecule has 1 saturated heterocycles. The molecule has 1 aliphatic carbocycles. The molecule has 5 rings (SSSR count). The molecule has 8 nitrogen and oxygen atoms in total. The molecule has 1 saturated carbocycles. The van der Waals surface area contributed by atoms with Crippen molar-refractivity contribution in [3.05, 3.63) is 87.5 Å². The standard InChI is InChI=1S/C28H32N4O4/c1-20-16-24(33)26(28(35)31-13-11-30(12-14-31)27(34)25-9-5-15-36-25)23(17-21-6-2-3-7-21)32(20)19-22-8-4-10-29-18-22/h4-5,8-10,15-16,18,21H,2-3,6-7,11-14,17,19H2,1H3. The van der Waals surface area contributed by atoms with Crippen LogP contribution in [0.1, 0.15) is 63.5 Å². The zero-order valence-corrected chi connectivity index (χ0v) is 20.7. The zero-order valence-electron chi connectivity index (χ0n) is 20.7. The van der Waals surface area contributed by atoms with E-state index < -0.39 is 0 Å². The molecule has 188 valence electrons. The van der Waals surface area contributed by atoms with Gasteiger partial charge in [0.1, 0.15) is 5.56 Å². The Morgan fingerprint density at radius 2 is 1.75 bits per heavy atom. The molecule has 0 bridgehead atoms. The quantitative estimate of drug-likeness (QED) is 0.530. The maximum absolute atomic E-state index is 13.8. The molecule has 0 atom stereocenters. The maximum atomic E-state index is 13.8. The summed E-state index contributed by atoms with van der Waals surface area (Å²) in [5, 5.41) is 0. The number of hydrogen-bond donors (Lipinski definition) is 0. The van der Waals surface area contributed by atoms with Crippen LogP contribution in [-0.4, -0.2) is 57.3 Å². The fourth-order valence-corrected chi connectivity index (χ4v) is 5.48. The number of rotatable bonds is 6. The van der Waals surface area contributed by atoms with E-state index in [4.69, 9.17) is 4.42 Å². The second-order valence-electron chi connectivity index (χ2n) is 9.84. The molecular formula is C28H32N4O4. The fourth-order valence-electron chi connectivity index (χ4n) is 5.48. The third-order valence-electron chi connectivity index (χ3n) is 7.45. The molecule has 3 aromatic heterocycles. The largest absolute Gasteiger partial charge is 0.459 e. The Morgan fingerprint density at radius 3 is 2.39 bits per heavy atom. The monoisotopic (exact) mass is 488 g/mol. The van der Waals surface area contributed by atoms with E-state index in [1.807, 2.05) is 25.3 Å². The molecule has 2 aliphatic rings. The van der Waals surface area contributed by atoms with Crippen LogP contribution in [0.3, 0.4) is 0 Å². The number of nitrogens with zero attached hydrogens (tertiary/aromatic N) is 4. The van der Waals surface area contributed by atoms with Crippen LogP contribution in [0.5, 0.6) is 0 Å². The van der Waals surface area contributed by atoms with Crippen LogP contribution < -0.4 is 5.43 Å². The van der Waals surface area contributed by atoms with Gasteiger partial charge < -0.3 is 18.8 Å². The third-order valence-corrected chi connectivity index (χ3v) is 7.45. The van der Waals surface area contributed by atoms with E-state index >= 15 is 0 Å². The fraction of sp³-hybridized carbons (Fsp3) is 0.429. The van der Waals surface area contributed by atoms with Crippen LogP contribution in [-0.2, 0) is 13.0 Å². The van der Waals surface area contributed by atoms with E-state index in [1.165, 1.54) is 19.1 Å². The van der Waals surface area contributed by atoms with E-state index in [0.717, 1.165) is 36.2 Å². The molecule has 36 heavy (non-hydrogen) atoms. The second-order valence-corrected chi connectivity index (χ2v) is 9.84. The van der Waals surface area contributed by atoms with Crippen molar-refractivity contribution < 1.29 is 14.0 Å². The van der Waals surface area contributed by atoms with Crippen LogP contribution in [0.25, 0.3) is 0 Å². The normalized spacial score (nSPS) is 16.5. The number of aromatic nitrogens is 2. The maximum Gasteiger partial charge on any atom is 0.289 e. The van der Waals surface area contributed by atoms with Crippen molar-refractivity contribution >= 4 is 11.8 Å². The summed E-state index contributed by atoms with van der Waals surface area (Å²) in [6.07, 6.45) is 10.4. The summed E-state index contributed by atoms with van der Waals surface area (Å²) in [4.78, 5) is 47.4. The van der Waals surface area contributed by atoms with Crippen molar-refractivity contribution in [2.75, 3.05) is 26.2 Å². The van der Waals surface area contributed by atoms with Gasteiger partial charge >= 0.3 is 0 Å². The van der Waals surface area contributed by atoms with Gasteiger partial charge in [-0.1, -0.05) is 31.7 Å². The van der Waals surface area contributed by atoms with Crippen molar-refractivity contribution in [2.24, 2.45) is 5.92 Å². The SMILES string of the molecule is Cc1cc(=O)c(C(=O)N2CCN(C(=O)c3ccco3)CC2)c(CC2CCCC2)n1Cc1cccnc1. The minimum absolute atomic E-state index is 0.178. The van der Waals surface area contributed by atoms with Crippen molar-refractivity contribution in [2.45, 2.75) is 45.6 Å². The molecule has 0 N–H and O–H groups in total. The number of carbonyl (C=O) groups excluding carboxylic acids is 2. The second kappa shape index (κ2) is 10.5. The number of furan rings is 1. The highest BCUT2D eigenvalue weighted by molar-refractivity contribution is 5.96. The first-order valence-corrected chi connectivity index (χ1v) is 12.8. The highest BCUT2D eigenvalue weighted by atomic mass is 16.3. The Hall–Kier alpha value is -3.68. The number of piperazine rings is 1. The van der Waals surface area contributed by atoms with Gasteiger partial charge in [-0.25, -0.2) is 0 Å². The number of carbonyl (C=O) groups is 2. The van der Waals surface area contributed by atoms with Gasteiger partial charge in [-0.15, -0.1) is 0 Å². The van der Waals surface area contributed by atoms with Crippen LogP contribution in [0.2, 0.25) is 0 Å². The molecule has 2 amide bonds. The third kappa shape index (κ3) is 4.98. The lowest BCUT2D eigenvalue weighted by atomic mass is 9.96. The van der Waals surface area contributed by atoms with E-state index in [2.05, 4.69) is 9.55 Å². The van der Waals surface area contributed by atoms with Gasteiger partial charge in [-0.2, -0.15) is 0 Å². The Kier molecular flexibility index (Phi) is 7.02. The van der Waals surface area contributed by atoms with Crippen LogP contribution in [0.15, 0.2) is 58.2 Å². The van der Waals surface area contributed by atoms with E-state index in [9.17, 15) is 14.4 Å². The van der Waals surface area contributed by atoms with Gasteiger partial charge in [-0.3, -0.25) is 19.4 Å². The van der Waals surface area contributed by atoms with E-state index in [-0.39, 0.29) is 22.8 Å². The Bertz CT molecular complexity index is 1270. The molecule has 0 radical (unpaired) electrons. The average Bonchev–Trinajstić information content (AvgIpc) is 3.61. The summed E-state index contributed by atoms with van der Waals surface area (Å²) < 4.78 is 7.37. The number of pyridine rings is 2. The summed E-state index contributed by atoms with van der Waals surface area (Å²) in [6, 6.07) is 8.83. The average molecular weight is 489 g/mol. The molecule has 1 aliphatic heterocycles. The minimum atomic E-state index is -0.238. The summed E-state index contributed by atoms with van der Waals surface area (Å²) in [5.74, 6) is 0.354. The molecular weight excluding hydrogens is 456 g/mol.